The Balaban J connectivity index is 1.96. The molecule has 0 atom stereocenters. The lowest BCUT2D eigenvalue weighted by Crippen LogP contribution is -2.27. The normalized spacial score (nSPS) is 10.2. The highest BCUT2D eigenvalue weighted by Gasteiger charge is 2.09. The van der Waals surface area contributed by atoms with Crippen molar-refractivity contribution >= 4 is 17.5 Å². The fraction of sp³-hybridized carbons (Fsp3) is 0.286. The summed E-state index contributed by atoms with van der Waals surface area (Å²) >= 11 is 5.77. The summed E-state index contributed by atoms with van der Waals surface area (Å²) in [6.45, 7) is 0.982. The van der Waals surface area contributed by atoms with E-state index in [4.69, 9.17) is 21.1 Å². The van der Waals surface area contributed by atoms with Gasteiger partial charge in [0.1, 0.15) is 11.5 Å². The summed E-state index contributed by atoms with van der Waals surface area (Å²) in [6.07, 6.45) is 3.25. The molecule has 0 aliphatic carbocycles. The molecule has 0 unspecified atom stereocenters. The Kier molecular flexibility index (Phi) is 5.05. The second-order valence-electron chi connectivity index (χ2n) is 4.28. The van der Waals surface area contributed by atoms with Crippen LogP contribution >= 0.6 is 11.6 Å². The molecular formula is C14H16ClN3O3. The molecule has 6 nitrogen and oxygen atoms in total. The van der Waals surface area contributed by atoms with Crippen molar-refractivity contribution in [2.24, 2.45) is 0 Å². The lowest BCUT2D eigenvalue weighted by atomic mass is 10.2. The number of carbonyl (C=O) groups is 1. The molecule has 7 heteroatoms. The number of nitrogens with one attached hydrogen (secondary N) is 1. The highest BCUT2D eigenvalue weighted by molar-refractivity contribution is 6.30. The van der Waals surface area contributed by atoms with Crippen LogP contribution in [0, 0.1) is 0 Å². The Morgan fingerprint density at radius 2 is 1.95 bits per heavy atom. The minimum atomic E-state index is -0.203. The van der Waals surface area contributed by atoms with Crippen LogP contribution in [0.15, 0.2) is 30.6 Å². The summed E-state index contributed by atoms with van der Waals surface area (Å²) in [5.74, 6) is 0.933. The highest BCUT2D eigenvalue weighted by Crippen LogP contribution is 2.22. The first kappa shape index (κ1) is 15.2. The molecule has 112 valence electrons. The van der Waals surface area contributed by atoms with Crippen LogP contribution in [0.1, 0.15) is 10.4 Å². The Bertz CT molecular complexity index is 605. The van der Waals surface area contributed by atoms with Crippen molar-refractivity contribution in [1.82, 2.24) is 15.1 Å². The van der Waals surface area contributed by atoms with Gasteiger partial charge in [0, 0.05) is 24.4 Å². The molecule has 0 bridgehead atoms. The summed E-state index contributed by atoms with van der Waals surface area (Å²) in [5, 5.41) is 7.41. The van der Waals surface area contributed by atoms with Gasteiger partial charge < -0.3 is 14.8 Å². The van der Waals surface area contributed by atoms with E-state index in [1.807, 2.05) is 0 Å². The first-order valence-electron chi connectivity index (χ1n) is 6.31. The van der Waals surface area contributed by atoms with Crippen molar-refractivity contribution in [3.63, 3.8) is 0 Å². The maximum absolute atomic E-state index is 12.1. The number of methoxy groups -OCH3 is 2. The highest BCUT2D eigenvalue weighted by atomic mass is 35.5. The minimum Gasteiger partial charge on any atom is -0.497 e. The molecule has 21 heavy (non-hydrogen) atoms. The van der Waals surface area contributed by atoms with Crippen LogP contribution in [-0.2, 0) is 6.54 Å². The molecule has 1 N–H and O–H groups in total. The van der Waals surface area contributed by atoms with E-state index >= 15 is 0 Å². The van der Waals surface area contributed by atoms with Crippen LogP contribution in [0.2, 0.25) is 5.02 Å². The summed E-state index contributed by atoms with van der Waals surface area (Å²) in [5.41, 5.74) is 0.477. The molecule has 1 heterocycles. The van der Waals surface area contributed by atoms with E-state index in [0.717, 1.165) is 0 Å². The average Bonchev–Trinajstić information content (AvgIpc) is 2.92. The first-order chi connectivity index (χ1) is 10.1. The van der Waals surface area contributed by atoms with Crippen molar-refractivity contribution in [3.8, 4) is 11.5 Å². The van der Waals surface area contributed by atoms with E-state index in [0.29, 0.717) is 35.2 Å². The predicted octanol–water partition coefficient (Wildman–Crippen LogP) is 1.98. The number of benzene rings is 1. The Morgan fingerprint density at radius 1 is 1.29 bits per heavy atom. The zero-order valence-corrected chi connectivity index (χ0v) is 12.6. The molecule has 0 spiro atoms. The predicted molar refractivity (Wildman–Crippen MR) is 79.1 cm³/mol. The van der Waals surface area contributed by atoms with E-state index in [1.165, 1.54) is 14.2 Å². The van der Waals surface area contributed by atoms with Crippen LogP contribution in [0.25, 0.3) is 0 Å². The largest absolute Gasteiger partial charge is 0.497 e. The number of amides is 1. The van der Waals surface area contributed by atoms with Gasteiger partial charge in [0.05, 0.1) is 32.0 Å². The standard InChI is InChI=1S/C14H16ClN3O3/c1-20-12-5-10(6-13(7-12)21-2)14(19)16-3-4-18-9-11(15)8-17-18/h5-9H,3-4H2,1-2H3,(H,16,19). The Morgan fingerprint density at radius 3 is 2.48 bits per heavy atom. The van der Waals surface area contributed by atoms with Gasteiger partial charge in [0.2, 0.25) is 0 Å². The summed E-state index contributed by atoms with van der Waals surface area (Å²) < 4.78 is 11.9. The minimum absolute atomic E-state index is 0.203. The quantitative estimate of drug-likeness (QED) is 0.886. The third-order valence-electron chi connectivity index (χ3n) is 2.84. The van der Waals surface area contributed by atoms with Crippen LogP contribution in [-0.4, -0.2) is 36.5 Å². The number of carbonyl (C=O) groups excluding carboxylic acids is 1. The smallest absolute Gasteiger partial charge is 0.251 e. The molecule has 2 rings (SSSR count). The molecule has 0 saturated heterocycles. The number of nitrogens with zero attached hydrogens (tertiary/aromatic N) is 2. The van der Waals surface area contributed by atoms with Gasteiger partial charge in [-0.3, -0.25) is 9.48 Å². The molecule has 1 aromatic carbocycles. The summed E-state index contributed by atoms with van der Waals surface area (Å²) in [7, 11) is 3.08. The van der Waals surface area contributed by atoms with Gasteiger partial charge >= 0.3 is 0 Å². The summed E-state index contributed by atoms with van der Waals surface area (Å²) in [6, 6.07) is 5.02. The number of hydrogen-bond donors (Lipinski definition) is 1. The van der Waals surface area contributed by atoms with Crippen molar-refractivity contribution in [2.75, 3.05) is 20.8 Å². The van der Waals surface area contributed by atoms with Crippen LogP contribution < -0.4 is 14.8 Å². The van der Waals surface area contributed by atoms with Gasteiger partial charge in [0.25, 0.3) is 5.91 Å². The second-order valence-corrected chi connectivity index (χ2v) is 4.72. The number of halogens is 1. The van der Waals surface area contributed by atoms with E-state index in [-0.39, 0.29) is 5.91 Å². The average molecular weight is 310 g/mol. The Labute approximate surface area is 127 Å². The number of rotatable bonds is 6. The van der Waals surface area contributed by atoms with Gasteiger partial charge in [-0.2, -0.15) is 5.10 Å². The van der Waals surface area contributed by atoms with E-state index in [1.54, 1.807) is 35.3 Å². The molecule has 2 aromatic rings. The van der Waals surface area contributed by atoms with Gasteiger partial charge in [-0.15, -0.1) is 0 Å². The maximum atomic E-state index is 12.1. The van der Waals surface area contributed by atoms with Crippen LogP contribution in [0.3, 0.4) is 0 Å². The molecule has 0 fully saturated rings. The van der Waals surface area contributed by atoms with E-state index in [9.17, 15) is 4.79 Å². The van der Waals surface area contributed by atoms with Crippen molar-refractivity contribution < 1.29 is 14.3 Å². The molecule has 1 aromatic heterocycles. The van der Waals surface area contributed by atoms with Crippen LogP contribution in [0.4, 0.5) is 0 Å². The molecule has 0 aliphatic rings. The molecule has 0 saturated carbocycles. The fourth-order valence-corrected chi connectivity index (χ4v) is 1.94. The van der Waals surface area contributed by atoms with Crippen LogP contribution in [0.5, 0.6) is 11.5 Å². The summed E-state index contributed by atoms with van der Waals surface area (Å²) in [4.78, 5) is 12.1. The number of aromatic nitrogens is 2. The van der Waals surface area contributed by atoms with E-state index in [2.05, 4.69) is 10.4 Å². The number of ether oxygens (including phenoxy) is 2. The van der Waals surface area contributed by atoms with Gasteiger partial charge in [0.15, 0.2) is 0 Å². The Hall–Kier alpha value is -2.21. The maximum Gasteiger partial charge on any atom is 0.251 e. The lowest BCUT2D eigenvalue weighted by molar-refractivity contribution is 0.0951. The third-order valence-corrected chi connectivity index (χ3v) is 3.04. The zero-order valence-electron chi connectivity index (χ0n) is 11.8. The van der Waals surface area contributed by atoms with E-state index < -0.39 is 0 Å². The van der Waals surface area contributed by atoms with Gasteiger partial charge in [-0.05, 0) is 12.1 Å². The van der Waals surface area contributed by atoms with Gasteiger partial charge in [-0.25, -0.2) is 0 Å². The van der Waals surface area contributed by atoms with Crippen molar-refractivity contribution in [1.29, 1.82) is 0 Å². The van der Waals surface area contributed by atoms with Gasteiger partial charge in [-0.1, -0.05) is 11.6 Å². The van der Waals surface area contributed by atoms with Crippen molar-refractivity contribution in [3.05, 3.63) is 41.2 Å². The second kappa shape index (κ2) is 6.99. The number of hydrogen-bond acceptors (Lipinski definition) is 4. The monoisotopic (exact) mass is 309 g/mol. The SMILES string of the molecule is COc1cc(OC)cc(C(=O)NCCn2cc(Cl)cn2)c1. The lowest BCUT2D eigenvalue weighted by Gasteiger charge is -2.09. The molecule has 0 radical (unpaired) electrons. The topological polar surface area (TPSA) is 65.4 Å². The third kappa shape index (κ3) is 4.13. The van der Waals surface area contributed by atoms with Crippen molar-refractivity contribution in [2.45, 2.75) is 6.54 Å². The molecular weight excluding hydrogens is 294 g/mol. The molecule has 0 aliphatic heterocycles. The molecule has 1 amide bonds. The first-order valence-corrected chi connectivity index (χ1v) is 6.69. The zero-order chi connectivity index (χ0) is 15.2. The fourth-order valence-electron chi connectivity index (χ4n) is 1.79.